The number of anilines is 4. The molecule has 0 radical (unpaired) electrons. The minimum Gasteiger partial charge on any atom is -0.356 e. The summed E-state index contributed by atoms with van der Waals surface area (Å²) in [7, 11) is 0. The molecule has 42 heavy (non-hydrogen) atoms. The molecule has 0 spiro atoms. The maximum Gasteiger partial charge on any atom is 0.0390 e. The summed E-state index contributed by atoms with van der Waals surface area (Å²) >= 11 is 0. The van der Waals surface area contributed by atoms with Crippen molar-refractivity contribution in [3.63, 3.8) is 0 Å². The van der Waals surface area contributed by atoms with Crippen LogP contribution >= 0.6 is 0 Å². The fourth-order valence-corrected chi connectivity index (χ4v) is 5.20. The van der Waals surface area contributed by atoms with Crippen LogP contribution in [-0.2, 0) is 0 Å². The lowest BCUT2D eigenvalue weighted by molar-refractivity contribution is 1.45. The first-order valence-corrected chi connectivity index (χ1v) is 14.4. The molecule has 0 unspecified atom stereocenters. The van der Waals surface area contributed by atoms with Crippen LogP contribution in [0.25, 0.3) is 34.4 Å². The first kappa shape index (κ1) is 26.9. The Hall–Kier alpha value is -5.34. The SMILES string of the molecule is Cc1ccccc1-c1cccc(Nc2ccc(/C=C/c3ccc(Nc4cccc(-c5ccccc5C)c4)cc3)cc2)c1. The summed E-state index contributed by atoms with van der Waals surface area (Å²) < 4.78 is 0. The predicted octanol–water partition coefficient (Wildman–Crippen LogP) is 11.3. The highest BCUT2D eigenvalue weighted by Crippen LogP contribution is 2.29. The Bertz CT molecular complexity index is 1690. The van der Waals surface area contributed by atoms with Crippen LogP contribution in [0.2, 0.25) is 0 Å². The predicted molar refractivity (Wildman–Crippen MR) is 182 cm³/mol. The smallest absolute Gasteiger partial charge is 0.0390 e. The Balaban J connectivity index is 1.08. The second kappa shape index (κ2) is 12.4. The van der Waals surface area contributed by atoms with Gasteiger partial charge in [-0.1, -0.05) is 109 Å². The maximum atomic E-state index is 3.54. The van der Waals surface area contributed by atoms with Crippen LogP contribution in [-0.4, -0.2) is 0 Å². The number of benzene rings is 6. The average Bonchev–Trinajstić information content (AvgIpc) is 3.02. The zero-order valence-electron chi connectivity index (χ0n) is 24.0. The maximum absolute atomic E-state index is 3.54. The second-order valence-electron chi connectivity index (χ2n) is 10.6. The van der Waals surface area contributed by atoms with Crippen molar-refractivity contribution in [1.82, 2.24) is 0 Å². The van der Waals surface area contributed by atoms with Crippen molar-refractivity contribution in [3.05, 3.63) is 168 Å². The zero-order valence-corrected chi connectivity index (χ0v) is 24.0. The highest BCUT2D eigenvalue weighted by Gasteiger charge is 2.04. The van der Waals surface area contributed by atoms with Crippen LogP contribution in [0.1, 0.15) is 22.3 Å². The van der Waals surface area contributed by atoms with E-state index in [1.54, 1.807) is 0 Å². The van der Waals surface area contributed by atoms with E-state index >= 15 is 0 Å². The fraction of sp³-hybridized carbons (Fsp3) is 0.0500. The topological polar surface area (TPSA) is 24.1 Å². The molecule has 6 rings (SSSR count). The molecule has 0 aliphatic carbocycles. The third-order valence-corrected chi connectivity index (χ3v) is 7.50. The van der Waals surface area contributed by atoms with Crippen LogP contribution in [0.15, 0.2) is 146 Å². The van der Waals surface area contributed by atoms with E-state index in [0.29, 0.717) is 0 Å². The van der Waals surface area contributed by atoms with Gasteiger partial charge in [-0.15, -0.1) is 0 Å². The highest BCUT2D eigenvalue weighted by atomic mass is 14.9. The summed E-state index contributed by atoms with van der Waals surface area (Å²) in [5.41, 5.74) is 14.1. The highest BCUT2D eigenvalue weighted by molar-refractivity contribution is 5.76. The summed E-state index contributed by atoms with van der Waals surface area (Å²) in [4.78, 5) is 0. The molecule has 0 aromatic heterocycles. The van der Waals surface area contributed by atoms with Crippen molar-refractivity contribution in [2.75, 3.05) is 10.6 Å². The van der Waals surface area contributed by atoms with E-state index < -0.39 is 0 Å². The third-order valence-electron chi connectivity index (χ3n) is 7.50. The second-order valence-corrected chi connectivity index (χ2v) is 10.6. The Labute approximate surface area is 249 Å². The van der Waals surface area contributed by atoms with E-state index in [1.807, 2.05) is 0 Å². The molecule has 0 fully saturated rings. The molecule has 6 aromatic rings. The van der Waals surface area contributed by atoms with Crippen LogP contribution in [0, 0.1) is 13.8 Å². The molecular formula is C40H34N2. The number of rotatable bonds is 8. The van der Waals surface area contributed by atoms with Gasteiger partial charge >= 0.3 is 0 Å². The van der Waals surface area contributed by atoms with E-state index in [0.717, 1.165) is 33.9 Å². The van der Waals surface area contributed by atoms with E-state index in [9.17, 15) is 0 Å². The van der Waals surface area contributed by atoms with Gasteiger partial charge in [-0.2, -0.15) is 0 Å². The van der Waals surface area contributed by atoms with Crippen molar-refractivity contribution < 1.29 is 0 Å². The summed E-state index contributed by atoms with van der Waals surface area (Å²) in [5, 5.41) is 7.09. The summed E-state index contributed by atoms with van der Waals surface area (Å²) in [5.74, 6) is 0. The first-order chi connectivity index (χ1) is 20.6. The van der Waals surface area contributed by atoms with Gasteiger partial charge in [-0.05, 0) is 107 Å². The summed E-state index contributed by atoms with van der Waals surface area (Å²) in [6.07, 6.45) is 4.30. The Morgan fingerprint density at radius 3 is 1.19 bits per heavy atom. The lowest BCUT2D eigenvalue weighted by atomic mass is 10.0. The molecule has 0 aliphatic rings. The molecule has 2 nitrogen and oxygen atoms in total. The molecular weight excluding hydrogens is 508 g/mol. The lowest BCUT2D eigenvalue weighted by Crippen LogP contribution is -1.91. The van der Waals surface area contributed by atoms with Gasteiger partial charge in [0.1, 0.15) is 0 Å². The molecule has 0 saturated carbocycles. The van der Waals surface area contributed by atoms with Crippen LogP contribution in [0.5, 0.6) is 0 Å². The lowest BCUT2D eigenvalue weighted by Gasteiger charge is -2.11. The molecule has 2 N–H and O–H groups in total. The van der Waals surface area contributed by atoms with Crippen molar-refractivity contribution >= 4 is 34.9 Å². The normalized spacial score (nSPS) is 11.0. The van der Waals surface area contributed by atoms with Gasteiger partial charge in [-0.3, -0.25) is 0 Å². The number of nitrogens with one attached hydrogen (secondary N) is 2. The van der Waals surface area contributed by atoms with E-state index in [1.165, 1.54) is 33.4 Å². The molecule has 0 heterocycles. The largest absolute Gasteiger partial charge is 0.356 e. The van der Waals surface area contributed by atoms with Crippen molar-refractivity contribution in [3.8, 4) is 22.3 Å². The van der Waals surface area contributed by atoms with E-state index in [2.05, 4.69) is 182 Å². The van der Waals surface area contributed by atoms with Crippen LogP contribution < -0.4 is 10.6 Å². The van der Waals surface area contributed by atoms with E-state index in [4.69, 9.17) is 0 Å². The monoisotopic (exact) mass is 542 g/mol. The van der Waals surface area contributed by atoms with Gasteiger partial charge in [0.05, 0.1) is 0 Å². The van der Waals surface area contributed by atoms with Crippen LogP contribution in [0.4, 0.5) is 22.7 Å². The molecule has 204 valence electrons. The molecule has 0 atom stereocenters. The van der Waals surface area contributed by atoms with Crippen molar-refractivity contribution in [2.24, 2.45) is 0 Å². The molecule has 0 amide bonds. The number of aryl methyl sites for hydroxylation is 2. The molecule has 0 saturated heterocycles. The summed E-state index contributed by atoms with van der Waals surface area (Å²) in [6, 6.07) is 51.2. The average molecular weight is 543 g/mol. The van der Waals surface area contributed by atoms with Gasteiger partial charge in [0.15, 0.2) is 0 Å². The minimum absolute atomic E-state index is 1.07. The Morgan fingerprint density at radius 1 is 0.381 bits per heavy atom. The fourth-order valence-electron chi connectivity index (χ4n) is 5.20. The number of hydrogen-bond acceptors (Lipinski definition) is 2. The van der Waals surface area contributed by atoms with Gasteiger partial charge in [-0.25, -0.2) is 0 Å². The van der Waals surface area contributed by atoms with E-state index in [-0.39, 0.29) is 0 Å². The Morgan fingerprint density at radius 2 is 0.786 bits per heavy atom. The Kier molecular flexibility index (Phi) is 7.96. The molecule has 0 bridgehead atoms. The number of hydrogen-bond donors (Lipinski definition) is 2. The van der Waals surface area contributed by atoms with Crippen LogP contribution in [0.3, 0.4) is 0 Å². The van der Waals surface area contributed by atoms with Crippen molar-refractivity contribution in [1.29, 1.82) is 0 Å². The quantitative estimate of drug-likeness (QED) is 0.187. The first-order valence-electron chi connectivity index (χ1n) is 14.4. The van der Waals surface area contributed by atoms with Gasteiger partial charge in [0.2, 0.25) is 0 Å². The standard InChI is InChI=1S/C40H34N2/c1-29-9-3-5-15-39(29)33-11-7-13-37(27-33)41-35-23-19-31(20-24-35)17-18-32-21-25-36(26-22-32)42-38-14-8-12-34(28-38)40-16-6-4-10-30(40)2/h3-28,41-42H,1-2H3/b18-17+. The van der Waals surface area contributed by atoms with Gasteiger partial charge in [0, 0.05) is 22.7 Å². The minimum atomic E-state index is 1.07. The summed E-state index contributed by atoms with van der Waals surface area (Å²) in [6.45, 7) is 4.31. The van der Waals surface area contributed by atoms with Gasteiger partial charge < -0.3 is 10.6 Å². The molecule has 0 aliphatic heterocycles. The van der Waals surface area contributed by atoms with Gasteiger partial charge in [0.25, 0.3) is 0 Å². The third kappa shape index (κ3) is 6.51. The zero-order chi connectivity index (χ0) is 28.7. The molecule has 2 heteroatoms. The molecule has 6 aromatic carbocycles. The van der Waals surface area contributed by atoms with Crippen molar-refractivity contribution in [2.45, 2.75) is 13.8 Å².